The number of nitrogens with zero attached hydrogens (tertiary/aromatic N) is 1. The third kappa shape index (κ3) is 4.83. The topological polar surface area (TPSA) is 43.0 Å². The number of piperidine rings is 1. The summed E-state index contributed by atoms with van der Waals surface area (Å²) in [5.41, 5.74) is 2.30. The number of methoxy groups -OCH3 is 3. The predicted octanol–water partition coefficient (Wildman–Crippen LogP) is 5.00. The first-order valence-corrected chi connectivity index (χ1v) is 10.1. The molecule has 0 aliphatic carbocycles. The van der Waals surface area contributed by atoms with Crippen LogP contribution in [0.5, 0.6) is 17.2 Å². The minimum Gasteiger partial charge on any atom is -0.495 e. The Morgan fingerprint density at radius 1 is 0.964 bits per heavy atom. The second-order valence-corrected chi connectivity index (χ2v) is 7.35. The number of likely N-dealkylation sites (tertiary alicyclic amines) is 1. The lowest BCUT2D eigenvalue weighted by Gasteiger charge is -2.36. The molecule has 152 valence electrons. The van der Waals surface area contributed by atoms with Crippen molar-refractivity contribution in [1.29, 1.82) is 0 Å². The van der Waals surface area contributed by atoms with Gasteiger partial charge in [0.2, 0.25) is 0 Å². The van der Waals surface area contributed by atoms with Crippen LogP contribution in [0.3, 0.4) is 0 Å². The van der Waals surface area contributed by atoms with Crippen LogP contribution in [0.4, 0.5) is 5.69 Å². The molecule has 1 saturated heterocycles. The second kappa shape index (κ2) is 9.89. The molecule has 0 spiro atoms. The summed E-state index contributed by atoms with van der Waals surface area (Å²) in [6.07, 6.45) is 3.64. The van der Waals surface area contributed by atoms with Crippen LogP contribution in [0, 0.1) is 0 Å². The third-order valence-electron chi connectivity index (χ3n) is 5.29. The van der Waals surface area contributed by atoms with Gasteiger partial charge in [-0.25, -0.2) is 0 Å². The maximum Gasteiger partial charge on any atom is 0.161 e. The molecule has 0 amide bonds. The summed E-state index contributed by atoms with van der Waals surface area (Å²) in [7, 11) is 4.99. The van der Waals surface area contributed by atoms with Crippen molar-refractivity contribution in [3.05, 3.63) is 47.0 Å². The maximum absolute atomic E-state index is 6.11. The zero-order valence-corrected chi connectivity index (χ0v) is 17.6. The van der Waals surface area contributed by atoms with E-state index < -0.39 is 0 Å². The van der Waals surface area contributed by atoms with E-state index in [-0.39, 0.29) is 0 Å². The van der Waals surface area contributed by atoms with Crippen molar-refractivity contribution in [1.82, 2.24) is 4.90 Å². The van der Waals surface area contributed by atoms with Crippen molar-refractivity contribution in [3.8, 4) is 17.2 Å². The Kier molecular flexibility index (Phi) is 7.29. The third-order valence-corrected chi connectivity index (χ3v) is 5.60. The van der Waals surface area contributed by atoms with E-state index in [0.717, 1.165) is 43.2 Å². The standard InChI is InChI=1S/C22H29ClN2O3/c1-26-20-10-7-16(14-22(20)28-3)19-6-4-5-12-25(19)13-11-24-17-8-9-18(23)21(15-17)27-2/h7-10,14-15,19,24H,4-6,11-13H2,1-3H3/t19-/m1/s1. The van der Waals surface area contributed by atoms with Crippen molar-refractivity contribution >= 4 is 17.3 Å². The molecule has 1 fully saturated rings. The molecule has 2 aromatic rings. The van der Waals surface area contributed by atoms with Gasteiger partial charge in [-0.2, -0.15) is 0 Å². The molecule has 5 nitrogen and oxygen atoms in total. The van der Waals surface area contributed by atoms with Crippen LogP contribution >= 0.6 is 11.6 Å². The summed E-state index contributed by atoms with van der Waals surface area (Å²) in [4.78, 5) is 2.55. The van der Waals surface area contributed by atoms with Crippen LogP contribution in [0.2, 0.25) is 5.02 Å². The lowest BCUT2D eigenvalue weighted by molar-refractivity contribution is 0.154. The zero-order valence-electron chi connectivity index (χ0n) is 16.8. The number of hydrogen-bond acceptors (Lipinski definition) is 5. The first-order chi connectivity index (χ1) is 13.7. The first kappa shape index (κ1) is 20.6. The quantitative estimate of drug-likeness (QED) is 0.670. The number of ether oxygens (including phenoxy) is 3. The van der Waals surface area contributed by atoms with Gasteiger partial charge in [-0.05, 0) is 49.2 Å². The van der Waals surface area contributed by atoms with Gasteiger partial charge in [-0.1, -0.05) is 24.1 Å². The number of nitrogens with one attached hydrogen (secondary N) is 1. The van der Waals surface area contributed by atoms with Gasteiger partial charge >= 0.3 is 0 Å². The largest absolute Gasteiger partial charge is 0.495 e. The molecule has 0 unspecified atom stereocenters. The summed E-state index contributed by atoms with van der Waals surface area (Å²) in [5.74, 6) is 2.25. The Balaban J connectivity index is 1.65. The number of halogens is 1. The van der Waals surface area contributed by atoms with E-state index in [0.29, 0.717) is 16.8 Å². The number of benzene rings is 2. The molecular weight excluding hydrogens is 376 g/mol. The molecule has 28 heavy (non-hydrogen) atoms. The normalized spacial score (nSPS) is 17.2. The monoisotopic (exact) mass is 404 g/mol. The van der Waals surface area contributed by atoms with E-state index in [4.69, 9.17) is 25.8 Å². The smallest absolute Gasteiger partial charge is 0.161 e. The highest BCUT2D eigenvalue weighted by atomic mass is 35.5. The Bertz CT molecular complexity index is 784. The molecular formula is C22H29ClN2O3. The number of anilines is 1. The fourth-order valence-corrected chi connectivity index (χ4v) is 4.00. The Labute approximate surface area is 172 Å². The fourth-order valence-electron chi connectivity index (χ4n) is 3.81. The summed E-state index contributed by atoms with van der Waals surface area (Å²) < 4.78 is 16.2. The molecule has 0 bridgehead atoms. The van der Waals surface area contributed by atoms with Gasteiger partial charge in [-0.15, -0.1) is 0 Å². The number of hydrogen-bond donors (Lipinski definition) is 1. The summed E-state index contributed by atoms with van der Waals surface area (Å²) in [5, 5.41) is 4.10. The molecule has 6 heteroatoms. The molecule has 2 aromatic carbocycles. The Morgan fingerprint density at radius 2 is 1.75 bits per heavy atom. The van der Waals surface area contributed by atoms with Crippen molar-refractivity contribution in [2.75, 3.05) is 46.3 Å². The van der Waals surface area contributed by atoms with Crippen LogP contribution in [-0.4, -0.2) is 45.9 Å². The molecule has 1 aliphatic heterocycles. The van der Waals surface area contributed by atoms with Crippen LogP contribution in [0.15, 0.2) is 36.4 Å². The molecule has 1 atom stereocenters. The van der Waals surface area contributed by atoms with E-state index >= 15 is 0 Å². The van der Waals surface area contributed by atoms with Gasteiger partial charge in [0.15, 0.2) is 11.5 Å². The maximum atomic E-state index is 6.11. The summed E-state index contributed by atoms with van der Waals surface area (Å²) in [6.45, 7) is 2.92. The molecule has 1 aliphatic rings. The first-order valence-electron chi connectivity index (χ1n) is 9.69. The predicted molar refractivity (Wildman–Crippen MR) is 114 cm³/mol. The number of rotatable bonds is 8. The van der Waals surface area contributed by atoms with Gasteiger partial charge in [0.25, 0.3) is 0 Å². The lowest BCUT2D eigenvalue weighted by Crippen LogP contribution is -2.36. The molecule has 0 radical (unpaired) electrons. The molecule has 1 N–H and O–H groups in total. The Morgan fingerprint density at radius 3 is 2.50 bits per heavy atom. The summed E-state index contributed by atoms with van der Waals surface area (Å²) in [6, 6.07) is 12.4. The van der Waals surface area contributed by atoms with E-state index in [1.807, 2.05) is 24.3 Å². The highest BCUT2D eigenvalue weighted by Gasteiger charge is 2.24. The molecule has 3 rings (SSSR count). The van der Waals surface area contributed by atoms with Crippen LogP contribution in [0.25, 0.3) is 0 Å². The second-order valence-electron chi connectivity index (χ2n) is 6.94. The van der Waals surface area contributed by atoms with Crippen LogP contribution in [-0.2, 0) is 0 Å². The Hall–Kier alpha value is -2.11. The van der Waals surface area contributed by atoms with Gasteiger partial charge < -0.3 is 19.5 Å². The molecule has 0 aromatic heterocycles. The van der Waals surface area contributed by atoms with Crippen LogP contribution < -0.4 is 19.5 Å². The van der Waals surface area contributed by atoms with Gasteiger partial charge in [0.1, 0.15) is 5.75 Å². The average Bonchev–Trinajstić information content (AvgIpc) is 2.74. The van der Waals surface area contributed by atoms with Crippen molar-refractivity contribution < 1.29 is 14.2 Å². The molecule has 0 saturated carbocycles. The zero-order chi connectivity index (χ0) is 19.9. The minimum absolute atomic E-state index is 0.398. The van der Waals surface area contributed by atoms with E-state index in [2.05, 4.69) is 22.3 Å². The van der Waals surface area contributed by atoms with E-state index in [9.17, 15) is 0 Å². The van der Waals surface area contributed by atoms with Crippen molar-refractivity contribution in [2.24, 2.45) is 0 Å². The summed E-state index contributed by atoms with van der Waals surface area (Å²) >= 11 is 6.11. The van der Waals surface area contributed by atoms with Crippen molar-refractivity contribution in [2.45, 2.75) is 25.3 Å². The lowest BCUT2D eigenvalue weighted by atomic mass is 9.95. The highest BCUT2D eigenvalue weighted by Crippen LogP contribution is 2.36. The average molecular weight is 405 g/mol. The van der Waals surface area contributed by atoms with E-state index in [1.54, 1.807) is 21.3 Å². The van der Waals surface area contributed by atoms with Gasteiger partial charge in [0, 0.05) is 30.9 Å². The van der Waals surface area contributed by atoms with Crippen molar-refractivity contribution in [3.63, 3.8) is 0 Å². The SMILES string of the molecule is COc1cc(NCCN2CCCC[C@@H]2c2ccc(OC)c(OC)c2)ccc1Cl. The van der Waals surface area contributed by atoms with Gasteiger partial charge in [0.05, 0.1) is 26.4 Å². The molecule has 1 heterocycles. The van der Waals surface area contributed by atoms with Gasteiger partial charge in [-0.3, -0.25) is 4.90 Å². The minimum atomic E-state index is 0.398. The fraction of sp³-hybridized carbons (Fsp3) is 0.455. The highest BCUT2D eigenvalue weighted by molar-refractivity contribution is 6.32. The van der Waals surface area contributed by atoms with E-state index in [1.165, 1.54) is 18.4 Å². The van der Waals surface area contributed by atoms with Crippen LogP contribution in [0.1, 0.15) is 30.9 Å².